The molecule has 2 heterocycles. The van der Waals surface area contributed by atoms with Crippen LogP contribution in [-0.2, 0) is 24.4 Å². The minimum atomic E-state index is -0.179. The highest BCUT2D eigenvalue weighted by atomic mass is 16.5. The zero-order chi connectivity index (χ0) is 23.6. The fourth-order valence-corrected chi connectivity index (χ4v) is 4.08. The zero-order valence-corrected chi connectivity index (χ0v) is 19.7. The number of ether oxygens (including phenoxy) is 2. The molecule has 0 unspecified atom stereocenters. The number of morpholine rings is 1. The van der Waals surface area contributed by atoms with Gasteiger partial charge < -0.3 is 19.2 Å². The number of hydrogen-bond acceptors (Lipinski definition) is 6. The standard InChI is InChI=1S/C27H33N3O4/c1-32-24-9-5-8-23(18-24)20-30(19-22-6-3-2-4-7-22)21-25-10-11-26(34-25)27(31)28-12-13-29-14-16-33-17-15-29/h2-11,18H,12-17,19-21H2,1H3,(H,28,31). The van der Waals surface area contributed by atoms with E-state index in [0.29, 0.717) is 18.8 Å². The first-order valence-corrected chi connectivity index (χ1v) is 11.8. The Bertz CT molecular complexity index is 1030. The molecule has 0 saturated carbocycles. The number of nitrogens with zero attached hydrogens (tertiary/aromatic N) is 2. The molecule has 1 fully saturated rings. The summed E-state index contributed by atoms with van der Waals surface area (Å²) < 4.78 is 16.7. The predicted octanol–water partition coefficient (Wildman–Crippen LogP) is 3.55. The van der Waals surface area contributed by atoms with Crippen molar-refractivity contribution in [3.05, 3.63) is 89.4 Å². The molecule has 1 N–H and O–H groups in total. The van der Waals surface area contributed by atoms with Crippen LogP contribution in [0, 0.1) is 0 Å². The number of hydrogen-bond donors (Lipinski definition) is 1. The SMILES string of the molecule is COc1cccc(CN(Cc2ccccc2)Cc2ccc(C(=O)NCCN3CCOCC3)o2)c1. The second-order valence-electron chi connectivity index (χ2n) is 8.46. The minimum absolute atomic E-state index is 0.179. The lowest BCUT2D eigenvalue weighted by Gasteiger charge is -2.26. The Morgan fingerprint density at radius 1 is 0.971 bits per heavy atom. The second kappa shape index (κ2) is 12.4. The van der Waals surface area contributed by atoms with Gasteiger partial charge in [0.2, 0.25) is 0 Å². The zero-order valence-electron chi connectivity index (χ0n) is 19.7. The van der Waals surface area contributed by atoms with Gasteiger partial charge in [-0.25, -0.2) is 0 Å². The second-order valence-corrected chi connectivity index (χ2v) is 8.46. The molecule has 0 spiro atoms. The Kier molecular flexibility index (Phi) is 8.73. The van der Waals surface area contributed by atoms with Crippen molar-refractivity contribution >= 4 is 5.91 Å². The van der Waals surface area contributed by atoms with Gasteiger partial charge in [0.15, 0.2) is 5.76 Å². The van der Waals surface area contributed by atoms with Crippen molar-refractivity contribution in [1.29, 1.82) is 0 Å². The van der Waals surface area contributed by atoms with E-state index in [9.17, 15) is 4.79 Å². The van der Waals surface area contributed by atoms with Crippen LogP contribution in [-0.4, -0.2) is 62.2 Å². The Labute approximate surface area is 201 Å². The van der Waals surface area contributed by atoms with Gasteiger partial charge in [-0.3, -0.25) is 14.6 Å². The molecule has 4 rings (SSSR count). The summed E-state index contributed by atoms with van der Waals surface area (Å²) in [5, 5.41) is 2.96. The molecule has 0 radical (unpaired) electrons. The van der Waals surface area contributed by atoms with E-state index in [1.165, 1.54) is 5.56 Å². The Balaban J connectivity index is 1.37. The van der Waals surface area contributed by atoms with Gasteiger partial charge in [0.25, 0.3) is 5.91 Å². The summed E-state index contributed by atoms with van der Waals surface area (Å²) in [6, 6.07) is 22.1. The van der Waals surface area contributed by atoms with E-state index in [4.69, 9.17) is 13.9 Å². The molecular formula is C27H33N3O4. The third kappa shape index (κ3) is 7.18. The van der Waals surface area contributed by atoms with Crippen LogP contribution in [0.2, 0.25) is 0 Å². The summed E-state index contributed by atoms with van der Waals surface area (Å²) in [5.74, 6) is 1.77. The quantitative estimate of drug-likeness (QED) is 0.469. The van der Waals surface area contributed by atoms with Crippen LogP contribution in [0.15, 0.2) is 71.1 Å². The van der Waals surface area contributed by atoms with Gasteiger partial charge in [0.05, 0.1) is 26.9 Å². The molecule has 0 atom stereocenters. The number of nitrogens with one attached hydrogen (secondary N) is 1. The maximum Gasteiger partial charge on any atom is 0.287 e. The molecule has 34 heavy (non-hydrogen) atoms. The van der Waals surface area contributed by atoms with Gasteiger partial charge in [-0.1, -0.05) is 42.5 Å². The topological polar surface area (TPSA) is 67.2 Å². The van der Waals surface area contributed by atoms with Crippen LogP contribution < -0.4 is 10.1 Å². The highest BCUT2D eigenvalue weighted by Crippen LogP contribution is 2.19. The summed E-state index contributed by atoms with van der Waals surface area (Å²) in [7, 11) is 1.68. The molecular weight excluding hydrogens is 430 g/mol. The first-order chi connectivity index (χ1) is 16.7. The number of carbonyl (C=O) groups is 1. The van der Waals surface area contributed by atoms with Crippen LogP contribution in [0.5, 0.6) is 5.75 Å². The minimum Gasteiger partial charge on any atom is -0.497 e. The summed E-state index contributed by atoms with van der Waals surface area (Å²) in [5.41, 5.74) is 2.38. The fraction of sp³-hybridized carbons (Fsp3) is 0.370. The largest absolute Gasteiger partial charge is 0.497 e. The molecule has 2 aromatic carbocycles. The van der Waals surface area contributed by atoms with Crippen molar-refractivity contribution in [2.24, 2.45) is 0 Å². The third-order valence-electron chi connectivity index (χ3n) is 5.87. The molecule has 7 heteroatoms. The number of benzene rings is 2. The summed E-state index contributed by atoms with van der Waals surface area (Å²) in [6.07, 6.45) is 0. The highest BCUT2D eigenvalue weighted by molar-refractivity contribution is 5.91. The molecule has 1 saturated heterocycles. The van der Waals surface area contributed by atoms with Gasteiger partial charge in [-0.15, -0.1) is 0 Å². The monoisotopic (exact) mass is 463 g/mol. The molecule has 1 amide bonds. The number of furan rings is 1. The third-order valence-corrected chi connectivity index (χ3v) is 5.87. The Hall–Kier alpha value is -3.13. The van der Waals surface area contributed by atoms with Gasteiger partial charge in [-0.2, -0.15) is 0 Å². The van der Waals surface area contributed by atoms with Crippen molar-refractivity contribution in [3.63, 3.8) is 0 Å². The summed E-state index contributed by atoms with van der Waals surface area (Å²) in [6.45, 7) is 6.81. The van der Waals surface area contributed by atoms with Crippen molar-refractivity contribution in [2.75, 3.05) is 46.5 Å². The van der Waals surface area contributed by atoms with E-state index < -0.39 is 0 Å². The van der Waals surface area contributed by atoms with E-state index in [2.05, 4.69) is 33.3 Å². The molecule has 1 aliphatic rings. The van der Waals surface area contributed by atoms with Crippen LogP contribution in [0.1, 0.15) is 27.4 Å². The summed E-state index contributed by atoms with van der Waals surface area (Å²) >= 11 is 0. The number of carbonyl (C=O) groups excluding carboxylic acids is 1. The van der Waals surface area contributed by atoms with E-state index in [-0.39, 0.29) is 5.91 Å². The molecule has 180 valence electrons. The number of amides is 1. The van der Waals surface area contributed by atoms with Gasteiger partial charge in [-0.05, 0) is 35.4 Å². The smallest absolute Gasteiger partial charge is 0.287 e. The van der Waals surface area contributed by atoms with Crippen LogP contribution >= 0.6 is 0 Å². The number of rotatable bonds is 11. The molecule has 0 bridgehead atoms. The maximum absolute atomic E-state index is 12.6. The molecule has 7 nitrogen and oxygen atoms in total. The van der Waals surface area contributed by atoms with Crippen LogP contribution in [0.4, 0.5) is 0 Å². The maximum atomic E-state index is 12.6. The highest BCUT2D eigenvalue weighted by Gasteiger charge is 2.16. The lowest BCUT2D eigenvalue weighted by Crippen LogP contribution is -2.41. The lowest BCUT2D eigenvalue weighted by atomic mass is 10.1. The average Bonchev–Trinajstić information content (AvgIpc) is 3.34. The fourth-order valence-electron chi connectivity index (χ4n) is 4.08. The van der Waals surface area contributed by atoms with Gasteiger partial charge in [0, 0.05) is 39.3 Å². The molecule has 1 aliphatic heterocycles. The normalized spacial score (nSPS) is 14.3. The van der Waals surface area contributed by atoms with Crippen LogP contribution in [0.3, 0.4) is 0 Å². The average molecular weight is 464 g/mol. The summed E-state index contributed by atoms with van der Waals surface area (Å²) in [4.78, 5) is 17.1. The van der Waals surface area contributed by atoms with E-state index in [0.717, 1.165) is 63.0 Å². The van der Waals surface area contributed by atoms with Crippen molar-refractivity contribution < 1.29 is 18.7 Å². The lowest BCUT2D eigenvalue weighted by molar-refractivity contribution is 0.0382. The molecule has 1 aromatic heterocycles. The molecule has 0 aliphatic carbocycles. The van der Waals surface area contributed by atoms with Crippen molar-refractivity contribution in [2.45, 2.75) is 19.6 Å². The van der Waals surface area contributed by atoms with E-state index >= 15 is 0 Å². The predicted molar refractivity (Wildman–Crippen MR) is 131 cm³/mol. The van der Waals surface area contributed by atoms with Gasteiger partial charge in [0.1, 0.15) is 11.5 Å². The van der Waals surface area contributed by atoms with Gasteiger partial charge >= 0.3 is 0 Å². The van der Waals surface area contributed by atoms with Crippen molar-refractivity contribution in [3.8, 4) is 5.75 Å². The molecule has 3 aromatic rings. The van der Waals surface area contributed by atoms with Crippen LogP contribution in [0.25, 0.3) is 0 Å². The Morgan fingerprint density at radius 2 is 1.74 bits per heavy atom. The first kappa shape index (κ1) is 24.0. The van der Waals surface area contributed by atoms with Crippen molar-refractivity contribution in [1.82, 2.24) is 15.1 Å². The number of methoxy groups -OCH3 is 1. The van der Waals surface area contributed by atoms with E-state index in [1.54, 1.807) is 13.2 Å². The van der Waals surface area contributed by atoms with E-state index in [1.807, 2.05) is 42.5 Å². The first-order valence-electron chi connectivity index (χ1n) is 11.8. The Morgan fingerprint density at radius 3 is 2.53 bits per heavy atom.